The van der Waals surface area contributed by atoms with Crippen molar-refractivity contribution >= 4 is 47.4 Å². The highest BCUT2D eigenvalue weighted by atomic mass is 32.2. The number of hydrogen-bond donors (Lipinski definition) is 4. The molecule has 10 rings (SSSR count). The molecule has 0 bridgehead atoms. The van der Waals surface area contributed by atoms with E-state index in [0.29, 0.717) is 61.1 Å². The predicted molar refractivity (Wildman–Crippen MR) is 245 cm³/mol. The number of hydrogen-bond acceptors (Lipinski definition) is 15. The molecule has 18 heteroatoms. The quantitative estimate of drug-likeness (QED) is 0.0446. The number of thioether (sulfide) groups is 1. The fraction of sp³-hybridized carbons (Fsp3) is 0.608. The number of aliphatic hydroxyl groups is 1. The first kappa shape index (κ1) is 47.6. The molecule has 0 unspecified atom stereocenters. The number of nitrogens with one attached hydrogen (secondary N) is 3. The van der Waals surface area contributed by atoms with Crippen molar-refractivity contribution in [2.75, 3.05) is 38.7 Å². The SMILES string of the molecule is C[C@@H]1C(=O)O[C@H]2C[C@@]34[C@H]5C[C@@H](C(C)(C)C)[C@]36[C@@H](OC(=O)[C@@H]6OCc3ccc(C(=O)c6ccc(C#CCOCCOCCNC(=O)CCCC[C@@H]7SC[C@@H]8NC(=O)N[C@@H]87)cc6)cc3)O[C@@]4(C(=O)O5)[C@]21O. The Morgan fingerprint density at radius 3 is 2.41 bits per heavy atom. The van der Waals surface area contributed by atoms with Crippen LogP contribution in [0.2, 0.25) is 0 Å². The van der Waals surface area contributed by atoms with E-state index in [4.69, 9.17) is 33.2 Å². The maximum Gasteiger partial charge on any atom is 0.342 e. The summed E-state index contributed by atoms with van der Waals surface area (Å²) in [6, 6.07) is 14.2. The van der Waals surface area contributed by atoms with Gasteiger partial charge in [0.25, 0.3) is 0 Å². The third-order valence-corrected chi connectivity index (χ3v) is 17.7. The van der Waals surface area contributed by atoms with Gasteiger partial charge in [0, 0.05) is 47.1 Å². The Labute approximate surface area is 404 Å². The van der Waals surface area contributed by atoms with Gasteiger partial charge >= 0.3 is 23.9 Å². The van der Waals surface area contributed by atoms with Gasteiger partial charge in [-0.3, -0.25) is 14.4 Å². The van der Waals surface area contributed by atoms with Crippen LogP contribution < -0.4 is 16.0 Å². The minimum Gasteiger partial charge on any atom is -0.459 e. The van der Waals surface area contributed by atoms with Crippen molar-refractivity contribution in [2.45, 2.75) is 126 Å². The maximum atomic E-state index is 14.1. The van der Waals surface area contributed by atoms with Gasteiger partial charge in [-0.1, -0.05) is 63.3 Å². The molecule has 8 aliphatic rings. The number of urea groups is 1. The van der Waals surface area contributed by atoms with Crippen molar-refractivity contribution in [2.24, 2.45) is 28.1 Å². The molecule has 8 fully saturated rings. The minimum absolute atomic E-state index is 0.00251. The largest absolute Gasteiger partial charge is 0.459 e. The summed E-state index contributed by atoms with van der Waals surface area (Å²) in [6.07, 6.45) is -0.617. The summed E-state index contributed by atoms with van der Waals surface area (Å²) in [5, 5.41) is 21.7. The summed E-state index contributed by atoms with van der Waals surface area (Å²) in [6.45, 7) is 9.35. The first-order valence-corrected chi connectivity index (χ1v) is 25.1. The number of rotatable bonds is 17. The van der Waals surface area contributed by atoms with Crippen LogP contribution in [-0.4, -0.2) is 133 Å². The zero-order valence-electron chi connectivity index (χ0n) is 39.2. The summed E-state index contributed by atoms with van der Waals surface area (Å²) in [4.78, 5) is 78.1. The van der Waals surface area contributed by atoms with Crippen LogP contribution in [0.3, 0.4) is 0 Å². The van der Waals surface area contributed by atoms with Gasteiger partial charge in [-0.25, -0.2) is 14.4 Å². The lowest BCUT2D eigenvalue weighted by Crippen LogP contribution is -2.66. The Balaban J connectivity index is 0.673. The van der Waals surface area contributed by atoms with Crippen LogP contribution in [-0.2, 0) is 58.9 Å². The Hall–Kier alpha value is -5.03. The lowest BCUT2D eigenvalue weighted by molar-refractivity contribution is -0.238. The average Bonchev–Trinajstić information content (AvgIpc) is 4.17. The number of carbonyl (C=O) groups is 6. The van der Waals surface area contributed by atoms with Crippen molar-refractivity contribution in [3.8, 4) is 11.8 Å². The fourth-order valence-corrected chi connectivity index (χ4v) is 14.7. The molecule has 6 saturated heterocycles. The minimum atomic E-state index is -2.04. The normalized spacial score (nSPS) is 36.3. The van der Waals surface area contributed by atoms with Crippen LogP contribution in [0.1, 0.15) is 93.3 Å². The first-order valence-electron chi connectivity index (χ1n) is 24.0. The number of ether oxygens (including phenoxy) is 7. The Morgan fingerprint density at radius 2 is 1.65 bits per heavy atom. The summed E-state index contributed by atoms with van der Waals surface area (Å²) in [7, 11) is 0. The molecule has 0 radical (unpaired) electrons. The second-order valence-electron chi connectivity index (χ2n) is 20.7. The number of fused-ring (bicyclic) bond motifs is 2. The molecule has 17 nitrogen and oxygen atoms in total. The number of ketones is 1. The molecule has 368 valence electrons. The fourth-order valence-electron chi connectivity index (χ4n) is 13.1. The van der Waals surface area contributed by atoms with Gasteiger partial charge in [-0.15, -0.1) is 0 Å². The van der Waals surface area contributed by atoms with E-state index >= 15 is 0 Å². The van der Waals surface area contributed by atoms with Gasteiger partial charge < -0.3 is 54.2 Å². The molecular weight excluding hydrogens is 911 g/mol. The van der Waals surface area contributed by atoms with Crippen molar-refractivity contribution in [3.63, 3.8) is 0 Å². The summed E-state index contributed by atoms with van der Waals surface area (Å²) >= 11 is 1.88. The van der Waals surface area contributed by atoms with Gasteiger partial charge in [0.15, 0.2) is 17.5 Å². The monoisotopic (exact) mass is 969 g/mol. The molecule has 6 heterocycles. The second-order valence-corrected chi connectivity index (χ2v) is 21.9. The van der Waals surface area contributed by atoms with E-state index in [1.54, 1.807) is 48.5 Å². The number of benzene rings is 2. The maximum absolute atomic E-state index is 14.1. The van der Waals surface area contributed by atoms with E-state index in [1.807, 2.05) is 32.5 Å². The van der Waals surface area contributed by atoms with Crippen LogP contribution in [0.5, 0.6) is 0 Å². The highest BCUT2D eigenvalue weighted by Crippen LogP contribution is 2.85. The van der Waals surface area contributed by atoms with Gasteiger partial charge in [-0.05, 0) is 67.3 Å². The van der Waals surface area contributed by atoms with E-state index in [1.165, 1.54) is 6.92 Å². The molecule has 13 atom stereocenters. The molecule has 6 aliphatic heterocycles. The van der Waals surface area contributed by atoms with Crippen LogP contribution in [0, 0.1) is 39.9 Å². The molecule has 2 spiro atoms. The molecule has 0 aromatic heterocycles. The molecule has 69 heavy (non-hydrogen) atoms. The van der Waals surface area contributed by atoms with Crippen LogP contribution in [0.4, 0.5) is 4.79 Å². The molecule has 2 saturated carbocycles. The van der Waals surface area contributed by atoms with E-state index in [2.05, 4.69) is 27.8 Å². The number of unbranched alkanes of at least 4 members (excludes halogenated alkanes) is 1. The Kier molecular flexibility index (Phi) is 12.4. The third kappa shape index (κ3) is 7.39. The smallest absolute Gasteiger partial charge is 0.342 e. The van der Waals surface area contributed by atoms with E-state index in [9.17, 15) is 33.9 Å². The van der Waals surface area contributed by atoms with Gasteiger partial charge in [-0.2, -0.15) is 11.8 Å². The summed E-state index contributed by atoms with van der Waals surface area (Å²) in [5.41, 5.74) is -4.71. The molecule has 3 amide bonds. The predicted octanol–water partition coefficient (Wildman–Crippen LogP) is 3.34. The Morgan fingerprint density at radius 1 is 0.913 bits per heavy atom. The van der Waals surface area contributed by atoms with E-state index < -0.39 is 75.9 Å². The van der Waals surface area contributed by atoms with Crippen LogP contribution >= 0.6 is 11.8 Å². The summed E-state index contributed by atoms with van der Waals surface area (Å²) in [5.74, 6) is 3.29. The van der Waals surface area contributed by atoms with Crippen molar-refractivity contribution in [1.82, 2.24) is 16.0 Å². The lowest BCUT2D eigenvalue weighted by atomic mass is 9.51. The number of esters is 3. The van der Waals surface area contributed by atoms with Crippen molar-refractivity contribution in [1.29, 1.82) is 0 Å². The lowest BCUT2D eigenvalue weighted by Gasteiger charge is -2.47. The van der Waals surface area contributed by atoms with Crippen LogP contribution in [0.15, 0.2) is 48.5 Å². The number of carbonyl (C=O) groups excluding carboxylic acids is 6. The van der Waals surface area contributed by atoms with Gasteiger partial charge in [0.1, 0.15) is 18.8 Å². The van der Waals surface area contributed by atoms with Crippen LogP contribution in [0.25, 0.3) is 0 Å². The standard InChI is InChI=1S/C51H59N3O14S/c1-28-42(57)65-37-25-48-36-24-35(47(2,3)4)49(48)41(43(58)67-45(49)68-51(48,44(59)66-36)50(28,37)61)64-26-30-13-17-32(18-14-30)40(56)31-15-11-29(12-16-31)8-7-20-62-22-23-63-21-19-52-38(55)10-6-5-9-34-39-33(27-69-34)53-46(60)54-39/h11-18,28,33-37,39,41,45,61H,5-6,9-10,19-27H2,1-4H3,(H,52,55)(H2,53,54,60)/t28-,33+,34+,35+,36-,37+,39+,41+,45+,48-,49+,50-,51-/m1/s1. The molecular formula is C51H59N3O14S. The highest BCUT2D eigenvalue weighted by Gasteiger charge is 3.01. The average molecular weight is 970 g/mol. The van der Waals surface area contributed by atoms with E-state index in [-0.39, 0.29) is 55.4 Å². The van der Waals surface area contributed by atoms with Gasteiger partial charge in [0.05, 0.1) is 55.3 Å². The molecule has 4 N–H and O–H groups in total. The van der Waals surface area contributed by atoms with Gasteiger partial charge in [0.2, 0.25) is 17.8 Å². The molecule has 2 aromatic carbocycles. The van der Waals surface area contributed by atoms with Crippen molar-refractivity contribution in [3.05, 3.63) is 70.8 Å². The molecule has 2 aromatic rings. The first-order chi connectivity index (χ1) is 33.1. The second kappa shape index (κ2) is 18.0. The van der Waals surface area contributed by atoms with Crippen molar-refractivity contribution < 1.29 is 67.0 Å². The zero-order chi connectivity index (χ0) is 48.5. The number of amides is 3. The summed E-state index contributed by atoms with van der Waals surface area (Å²) < 4.78 is 42.1. The highest BCUT2D eigenvalue weighted by molar-refractivity contribution is 8.00. The zero-order valence-corrected chi connectivity index (χ0v) is 40.0. The third-order valence-electron chi connectivity index (χ3n) is 16.1. The Bertz CT molecular complexity index is 2470. The topological polar surface area (TPSA) is 223 Å². The molecule has 2 aliphatic carbocycles. The van der Waals surface area contributed by atoms with E-state index in [0.717, 1.165) is 30.6 Å².